The maximum atomic E-state index is 11.8. The Bertz CT molecular complexity index is 272. The first-order valence-corrected chi connectivity index (χ1v) is 3.52. The Morgan fingerprint density at radius 2 is 2.50 bits per heavy atom. The van der Waals surface area contributed by atoms with Crippen LogP contribution in [0.5, 0.6) is 0 Å². The van der Waals surface area contributed by atoms with Crippen LogP contribution < -0.4 is 0 Å². The molecular weight excluding hydrogens is 163 g/mol. The first kappa shape index (κ1) is 8.70. The molecule has 5 heteroatoms. The number of hydrogen-bond donors (Lipinski definition) is 1. The predicted octanol–water partition coefficient (Wildman–Crippen LogP) is 0.480. The minimum absolute atomic E-state index is 0.112. The highest BCUT2D eigenvalue weighted by molar-refractivity contribution is 5.69. The van der Waals surface area contributed by atoms with E-state index in [1.165, 1.54) is 4.68 Å². The van der Waals surface area contributed by atoms with Gasteiger partial charge in [-0.25, -0.2) is 4.39 Å². The van der Waals surface area contributed by atoms with Gasteiger partial charge in [0.2, 0.25) is 0 Å². The van der Waals surface area contributed by atoms with Crippen molar-refractivity contribution in [2.75, 3.05) is 6.67 Å². The van der Waals surface area contributed by atoms with Crippen LogP contribution in [0, 0.1) is 0 Å². The molecule has 0 aliphatic rings. The molecule has 0 fully saturated rings. The fraction of sp³-hybridized carbons (Fsp3) is 0.429. The molecule has 0 aliphatic heterocycles. The van der Waals surface area contributed by atoms with Gasteiger partial charge in [-0.3, -0.25) is 9.48 Å². The summed E-state index contributed by atoms with van der Waals surface area (Å²) >= 11 is 0. The molecule has 12 heavy (non-hydrogen) atoms. The fourth-order valence-corrected chi connectivity index (χ4v) is 0.864. The van der Waals surface area contributed by atoms with E-state index in [2.05, 4.69) is 5.10 Å². The maximum absolute atomic E-state index is 11.8. The Morgan fingerprint density at radius 3 is 3.08 bits per heavy atom. The number of rotatable bonds is 4. The SMILES string of the molecule is O=C(O)Cc1ccn(CCF)n1. The highest BCUT2D eigenvalue weighted by Gasteiger charge is 2.03. The van der Waals surface area contributed by atoms with Gasteiger partial charge in [-0.05, 0) is 6.07 Å². The monoisotopic (exact) mass is 172 g/mol. The summed E-state index contributed by atoms with van der Waals surface area (Å²) in [5, 5.41) is 12.2. The third kappa shape index (κ3) is 2.34. The number of aromatic nitrogens is 2. The number of hydrogen-bond acceptors (Lipinski definition) is 2. The van der Waals surface area contributed by atoms with Crippen LogP contribution in [-0.2, 0) is 17.8 Å². The zero-order valence-electron chi connectivity index (χ0n) is 6.40. The molecule has 4 nitrogen and oxygen atoms in total. The molecule has 0 saturated heterocycles. The molecule has 1 rings (SSSR count). The number of carboxylic acids is 1. The van der Waals surface area contributed by atoms with Crippen molar-refractivity contribution in [3.8, 4) is 0 Å². The smallest absolute Gasteiger partial charge is 0.309 e. The van der Waals surface area contributed by atoms with Crippen molar-refractivity contribution >= 4 is 5.97 Å². The molecule has 1 aromatic rings. The lowest BCUT2D eigenvalue weighted by Gasteiger charge is -1.93. The van der Waals surface area contributed by atoms with Gasteiger partial charge in [0.15, 0.2) is 0 Å². The van der Waals surface area contributed by atoms with Gasteiger partial charge in [-0.2, -0.15) is 5.10 Å². The van der Waals surface area contributed by atoms with Crippen LogP contribution in [0.15, 0.2) is 12.3 Å². The minimum Gasteiger partial charge on any atom is -0.481 e. The summed E-state index contributed by atoms with van der Waals surface area (Å²) in [5.41, 5.74) is 0.455. The second-order valence-corrected chi connectivity index (χ2v) is 2.33. The van der Waals surface area contributed by atoms with E-state index >= 15 is 0 Å². The molecule has 0 spiro atoms. The third-order valence-corrected chi connectivity index (χ3v) is 1.34. The van der Waals surface area contributed by atoms with Crippen LogP contribution in [0.3, 0.4) is 0 Å². The van der Waals surface area contributed by atoms with E-state index in [1.54, 1.807) is 12.3 Å². The lowest BCUT2D eigenvalue weighted by molar-refractivity contribution is -0.136. The zero-order chi connectivity index (χ0) is 8.97. The van der Waals surface area contributed by atoms with E-state index in [9.17, 15) is 9.18 Å². The van der Waals surface area contributed by atoms with Gasteiger partial charge in [0.25, 0.3) is 0 Å². The zero-order valence-corrected chi connectivity index (χ0v) is 6.40. The molecule has 0 radical (unpaired) electrons. The Balaban J connectivity index is 2.58. The Hall–Kier alpha value is -1.39. The van der Waals surface area contributed by atoms with Gasteiger partial charge in [0.1, 0.15) is 6.67 Å². The summed E-state index contributed by atoms with van der Waals surface area (Å²) in [6.45, 7) is -0.312. The lowest BCUT2D eigenvalue weighted by Crippen LogP contribution is -2.04. The molecule has 1 aromatic heterocycles. The summed E-state index contributed by atoms with van der Waals surface area (Å²) in [5.74, 6) is -0.930. The lowest BCUT2D eigenvalue weighted by atomic mass is 10.3. The van der Waals surface area contributed by atoms with Crippen LogP contribution in [0.1, 0.15) is 5.69 Å². The molecule has 0 saturated carbocycles. The van der Waals surface area contributed by atoms with Gasteiger partial charge >= 0.3 is 5.97 Å². The summed E-state index contributed by atoms with van der Waals surface area (Å²) in [6.07, 6.45) is 1.46. The van der Waals surface area contributed by atoms with Crippen LogP contribution in [-0.4, -0.2) is 27.5 Å². The molecule has 66 valence electrons. The second-order valence-electron chi connectivity index (χ2n) is 2.33. The number of alkyl halides is 1. The highest BCUT2D eigenvalue weighted by atomic mass is 19.1. The van der Waals surface area contributed by atoms with E-state index in [1.807, 2.05) is 0 Å². The largest absolute Gasteiger partial charge is 0.481 e. The number of carboxylic acid groups (broad SMARTS) is 1. The summed E-state index contributed by atoms with van der Waals surface area (Å²) < 4.78 is 13.2. The molecule has 0 amide bonds. The van der Waals surface area contributed by atoms with Gasteiger partial charge in [0, 0.05) is 6.20 Å². The van der Waals surface area contributed by atoms with Crippen LogP contribution in [0.25, 0.3) is 0 Å². The van der Waals surface area contributed by atoms with Crippen molar-refractivity contribution < 1.29 is 14.3 Å². The first-order valence-electron chi connectivity index (χ1n) is 3.52. The standard InChI is InChI=1S/C7H9FN2O2/c8-2-4-10-3-1-6(9-10)5-7(11)12/h1,3H,2,4-5H2,(H,11,12). The molecule has 0 atom stereocenters. The van der Waals surface area contributed by atoms with Crippen molar-refractivity contribution in [1.29, 1.82) is 0 Å². The van der Waals surface area contributed by atoms with Crippen LogP contribution in [0.2, 0.25) is 0 Å². The third-order valence-electron chi connectivity index (χ3n) is 1.34. The quantitative estimate of drug-likeness (QED) is 0.718. The van der Waals surface area contributed by atoms with Crippen LogP contribution >= 0.6 is 0 Å². The Kier molecular flexibility index (Phi) is 2.79. The van der Waals surface area contributed by atoms with Gasteiger partial charge in [-0.15, -0.1) is 0 Å². The van der Waals surface area contributed by atoms with Gasteiger partial charge in [0.05, 0.1) is 18.7 Å². The van der Waals surface area contributed by atoms with Crippen molar-refractivity contribution in [2.45, 2.75) is 13.0 Å². The number of aliphatic carboxylic acids is 1. The van der Waals surface area contributed by atoms with E-state index in [-0.39, 0.29) is 13.0 Å². The summed E-state index contributed by atoms with van der Waals surface area (Å²) in [6, 6.07) is 1.57. The van der Waals surface area contributed by atoms with Gasteiger partial charge in [-0.1, -0.05) is 0 Å². The molecule has 1 heterocycles. The maximum Gasteiger partial charge on any atom is 0.309 e. The topological polar surface area (TPSA) is 55.1 Å². The second kappa shape index (κ2) is 3.85. The molecular formula is C7H9FN2O2. The van der Waals surface area contributed by atoms with Crippen molar-refractivity contribution in [2.24, 2.45) is 0 Å². The normalized spacial score (nSPS) is 10.1. The van der Waals surface area contributed by atoms with Crippen molar-refractivity contribution in [1.82, 2.24) is 9.78 Å². The molecule has 1 N–H and O–H groups in total. The van der Waals surface area contributed by atoms with E-state index in [4.69, 9.17) is 5.11 Å². The fourth-order valence-electron chi connectivity index (χ4n) is 0.864. The predicted molar refractivity (Wildman–Crippen MR) is 39.5 cm³/mol. The summed E-state index contributed by atoms with van der Waals surface area (Å²) in [4.78, 5) is 10.2. The molecule has 0 aromatic carbocycles. The summed E-state index contributed by atoms with van der Waals surface area (Å²) in [7, 11) is 0. The number of carbonyl (C=O) groups is 1. The van der Waals surface area contributed by atoms with Crippen molar-refractivity contribution in [3.63, 3.8) is 0 Å². The number of nitrogens with zero attached hydrogens (tertiary/aromatic N) is 2. The van der Waals surface area contributed by atoms with Crippen molar-refractivity contribution in [3.05, 3.63) is 18.0 Å². The van der Waals surface area contributed by atoms with Crippen LogP contribution in [0.4, 0.5) is 4.39 Å². The first-order chi connectivity index (χ1) is 5.72. The van der Waals surface area contributed by atoms with E-state index in [0.29, 0.717) is 5.69 Å². The minimum atomic E-state index is -0.930. The molecule has 0 aliphatic carbocycles. The average Bonchev–Trinajstić information content (AvgIpc) is 2.36. The average molecular weight is 172 g/mol. The molecule has 0 bridgehead atoms. The Labute approximate surface area is 68.6 Å². The number of aryl methyl sites for hydroxylation is 1. The van der Waals surface area contributed by atoms with Gasteiger partial charge < -0.3 is 5.11 Å². The van der Waals surface area contributed by atoms with E-state index < -0.39 is 12.6 Å². The number of halogens is 1. The van der Waals surface area contributed by atoms with E-state index in [0.717, 1.165) is 0 Å². The Morgan fingerprint density at radius 1 is 1.75 bits per heavy atom. The molecule has 0 unspecified atom stereocenters. The highest BCUT2D eigenvalue weighted by Crippen LogP contribution is 1.96.